The average molecular weight is 1400 g/mol. The molecule has 0 aliphatic rings. The van der Waals surface area contributed by atoms with Crippen LogP contribution in [0.2, 0.25) is 39.3 Å². The first-order valence-electron chi connectivity index (χ1n) is 30.0. The Balaban J connectivity index is -0.000000132. The SMILES string of the molecule is C.C#C[Si](C)(C)C.C#Cc1ccccc1.C(#Cc1ccccc1)c1ccccc1.C(#Cc1ccccc1)c1ccccc1.CC.CC.CC.CC.CC.CC.CC.CC.C[Si](C)(C)C#Cc1ccccc1.Ic1ccccc1.Ic1ccccc1. The van der Waals surface area contributed by atoms with Crippen LogP contribution in [-0.4, -0.2) is 16.1 Å². The van der Waals surface area contributed by atoms with Crippen molar-refractivity contribution in [2.75, 3.05) is 0 Å². The number of benzene rings is 8. The third-order valence-electron chi connectivity index (χ3n) is 7.99. The smallest absolute Gasteiger partial charge is 0.129 e. The topological polar surface area (TPSA) is 0 Å². The largest absolute Gasteiger partial charge is 0.135 e. The molecule has 0 spiro atoms. The van der Waals surface area contributed by atoms with Crippen LogP contribution in [0.1, 0.15) is 152 Å². The van der Waals surface area contributed by atoms with Crippen LogP contribution in [0.15, 0.2) is 243 Å². The molecule has 0 bridgehead atoms. The highest BCUT2D eigenvalue weighted by atomic mass is 127. The van der Waals surface area contributed by atoms with Crippen molar-refractivity contribution >= 4 is 61.3 Å². The van der Waals surface area contributed by atoms with Gasteiger partial charge in [-0.1, -0.05) is 339 Å². The molecule has 0 unspecified atom stereocenters. The van der Waals surface area contributed by atoms with E-state index in [1.165, 1.54) is 7.14 Å². The molecule has 0 heterocycles. The van der Waals surface area contributed by atoms with Gasteiger partial charge in [-0.05, 0) is 142 Å². The zero-order valence-corrected chi connectivity index (χ0v) is 62.3. The second kappa shape index (κ2) is 75.5. The molecule has 0 nitrogen and oxygen atoms in total. The van der Waals surface area contributed by atoms with Gasteiger partial charge < -0.3 is 0 Å². The van der Waals surface area contributed by atoms with Crippen molar-refractivity contribution in [3.8, 4) is 59.5 Å². The van der Waals surface area contributed by atoms with Crippen LogP contribution in [0.3, 0.4) is 0 Å². The van der Waals surface area contributed by atoms with Crippen LogP contribution < -0.4 is 0 Å². The summed E-state index contributed by atoms with van der Waals surface area (Å²) in [6.07, 6.45) is 10.2. The third-order valence-corrected chi connectivity index (χ3v) is 11.2. The normalized spacial score (nSPS) is 7.84. The summed E-state index contributed by atoms with van der Waals surface area (Å²) >= 11 is 4.56. The minimum Gasteiger partial charge on any atom is -0.135 e. The van der Waals surface area contributed by atoms with Crippen LogP contribution >= 0.6 is 45.2 Å². The molecule has 8 aromatic rings. The summed E-state index contributed by atoms with van der Waals surface area (Å²) in [6.45, 7) is 45.2. The third kappa shape index (κ3) is 71.6. The minimum absolute atomic E-state index is 0. The van der Waals surface area contributed by atoms with Gasteiger partial charge >= 0.3 is 0 Å². The summed E-state index contributed by atoms with van der Waals surface area (Å²) in [5, 5.41) is 0. The summed E-state index contributed by atoms with van der Waals surface area (Å²) < 4.78 is 2.58. The van der Waals surface area contributed by atoms with Crippen LogP contribution in [0.4, 0.5) is 0 Å². The Hall–Kier alpha value is -6.55. The Morgan fingerprint density at radius 3 is 0.518 bits per heavy atom. The van der Waals surface area contributed by atoms with Gasteiger partial charge in [0.05, 0.1) is 0 Å². The van der Waals surface area contributed by atoms with Gasteiger partial charge in [-0.2, -0.15) is 0 Å². The van der Waals surface area contributed by atoms with Gasteiger partial charge in [-0.3, -0.25) is 0 Å². The lowest BCUT2D eigenvalue weighted by Crippen LogP contribution is -2.16. The summed E-state index contributed by atoms with van der Waals surface area (Å²) in [4.78, 5) is 0. The van der Waals surface area contributed by atoms with Gasteiger partial charge in [-0.25, -0.2) is 0 Å². The molecule has 0 saturated carbocycles. The van der Waals surface area contributed by atoms with E-state index in [1.807, 2.05) is 329 Å². The highest BCUT2D eigenvalue weighted by Crippen LogP contribution is 2.04. The van der Waals surface area contributed by atoms with Gasteiger partial charge in [0.25, 0.3) is 0 Å². The number of hydrogen-bond donors (Lipinski definition) is 0. The molecule has 0 radical (unpaired) electrons. The predicted octanol–water partition coefficient (Wildman–Crippen LogP) is 25.7. The molecule has 0 saturated heterocycles. The van der Waals surface area contributed by atoms with Gasteiger partial charge in [0, 0.05) is 40.5 Å². The van der Waals surface area contributed by atoms with E-state index in [0.717, 1.165) is 33.4 Å². The Kier molecular flexibility index (Phi) is 84.2. The van der Waals surface area contributed by atoms with E-state index in [4.69, 9.17) is 12.8 Å². The van der Waals surface area contributed by atoms with Crippen molar-refractivity contribution < 1.29 is 0 Å². The van der Waals surface area contributed by atoms with E-state index in [-0.39, 0.29) is 7.43 Å². The monoisotopic (exact) mass is 1390 g/mol. The van der Waals surface area contributed by atoms with Gasteiger partial charge in [0.15, 0.2) is 0 Å². The van der Waals surface area contributed by atoms with Crippen molar-refractivity contribution in [3.63, 3.8) is 0 Å². The first kappa shape index (κ1) is 94.8. The molecular weight excluding hydrogens is 1280 g/mol. The van der Waals surface area contributed by atoms with E-state index in [2.05, 4.69) is 155 Å². The fourth-order valence-electron chi connectivity index (χ4n) is 4.52. The maximum atomic E-state index is 5.12. The number of halogens is 2. The van der Waals surface area contributed by atoms with Crippen LogP contribution in [0, 0.1) is 66.6 Å². The molecule has 0 aromatic heterocycles. The zero-order valence-electron chi connectivity index (χ0n) is 56.0. The molecule has 0 N–H and O–H groups in total. The Morgan fingerprint density at radius 1 is 0.247 bits per heavy atom. The Morgan fingerprint density at radius 2 is 0.400 bits per heavy atom. The van der Waals surface area contributed by atoms with E-state index < -0.39 is 16.1 Å². The molecule has 458 valence electrons. The Labute approximate surface area is 556 Å². The van der Waals surface area contributed by atoms with Gasteiger partial charge in [-0.15, -0.1) is 23.9 Å². The summed E-state index contributed by atoms with van der Waals surface area (Å²) in [5.41, 5.74) is 12.3. The lowest BCUT2D eigenvalue weighted by Gasteiger charge is -2.02. The predicted molar refractivity (Wildman–Crippen MR) is 417 cm³/mol. The van der Waals surface area contributed by atoms with Crippen molar-refractivity contribution in [2.45, 2.75) is 157 Å². The molecule has 0 aliphatic carbocycles. The standard InChI is InChI=1S/2C14H10.C11H14Si.C8H6.2C6H5I.C5H10Si.8C2H6.CH4/c2*1-3-7-13(8-4-1)11-12-14-9-5-2-6-10-14;1-12(2,3)10-9-11-7-5-4-6-8-11;1-2-8-6-4-3-5-7-8;2*7-6-4-2-1-3-5-6;1-5-6(2,3)4;8*1-2;/h2*1-10H;4-8H,1-3H3;1,3-7H;2*1-5H;1H,2-4H3;8*1-2H3;1H4. The second-order valence-electron chi connectivity index (χ2n) is 16.3. The molecule has 0 amide bonds. The maximum absolute atomic E-state index is 5.12. The van der Waals surface area contributed by atoms with Crippen LogP contribution in [-0.2, 0) is 0 Å². The lowest BCUT2D eigenvalue weighted by atomic mass is 10.2. The van der Waals surface area contributed by atoms with E-state index >= 15 is 0 Å². The maximum Gasteiger partial charge on any atom is 0.129 e. The molecule has 85 heavy (non-hydrogen) atoms. The van der Waals surface area contributed by atoms with Crippen LogP contribution in [0.5, 0.6) is 0 Å². The summed E-state index contributed by atoms with van der Waals surface area (Å²) in [5.74, 6) is 18.2. The van der Waals surface area contributed by atoms with Gasteiger partial charge in [0.2, 0.25) is 0 Å². The average Bonchev–Trinajstić information content (AvgIpc) is 3.59. The molecule has 0 atom stereocenters. The first-order chi connectivity index (χ1) is 40.8. The van der Waals surface area contributed by atoms with Crippen molar-refractivity contribution in [2.24, 2.45) is 0 Å². The quantitative estimate of drug-likeness (QED) is 0.0806. The van der Waals surface area contributed by atoms with E-state index in [0.29, 0.717) is 0 Å². The fourth-order valence-corrected chi connectivity index (χ4v) is 5.87. The van der Waals surface area contributed by atoms with Gasteiger partial charge in [0.1, 0.15) is 16.1 Å². The molecular formula is C81H112I2Si2. The van der Waals surface area contributed by atoms with Crippen molar-refractivity contribution in [1.29, 1.82) is 0 Å². The number of terminal acetylenes is 2. The fraction of sp³-hybridized carbons (Fsp3) is 0.284. The minimum atomic E-state index is -1.20. The highest BCUT2D eigenvalue weighted by molar-refractivity contribution is 14.1. The zero-order chi connectivity index (χ0) is 65.6. The molecule has 0 aliphatic heterocycles. The second-order valence-corrected chi connectivity index (χ2v) is 28.4. The molecule has 8 rings (SSSR count). The lowest BCUT2D eigenvalue weighted by molar-refractivity contribution is 1.50. The van der Waals surface area contributed by atoms with E-state index in [1.54, 1.807) is 0 Å². The molecule has 4 heteroatoms. The van der Waals surface area contributed by atoms with Crippen LogP contribution in [0.25, 0.3) is 0 Å². The van der Waals surface area contributed by atoms with Crippen molar-refractivity contribution in [1.82, 2.24) is 0 Å². The molecule has 0 fully saturated rings. The summed E-state index contributed by atoms with van der Waals surface area (Å²) in [6, 6.07) is 80.2. The number of rotatable bonds is 0. The number of hydrogen-bond acceptors (Lipinski definition) is 0. The van der Waals surface area contributed by atoms with E-state index in [9.17, 15) is 0 Å². The first-order valence-corrected chi connectivity index (χ1v) is 39.1. The Bertz CT molecular complexity index is 2580. The van der Waals surface area contributed by atoms with Crippen molar-refractivity contribution in [3.05, 3.63) is 283 Å². The molecule has 8 aromatic carbocycles. The summed E-state index contributed by atoms with van der Waals surface area (Å²) in [7, 11) is -2.30. The highest BCUT2D eigenvalue weighted by Gasteiger charge is 2.07.